The van der Waals surface area contributed by atoms with E-state index in [1.54, 1.807) is 7.11 Å². The molecule has 1 aromatic carbocycles. The quantitative estimate of drug-likeness (QED) is 0.409. The van der Waals surface area contributed by atoms with Gasteiger partial charge in [-0.1, -0.05) is 49.1 Å². The van der Waals surface area contributed by atoms with E-state index in [1.165, 1.54) is 43.2 Å². The molecule has 0 amide bonds. The minimum absolute atomic E-state index is 0.225. The van der Waals surface area contributed by atoms with Gasteiger partial charge in [0.1, 0.15) is 0 Å². The molecule has 1 atom stereocenters. The number of aliphatic imine (C=N–C) groups is 1. The topological polar surface area (TPSA) is 46.1 Å². The van der Waals surface area contributed by atoms with Gasteiger partial charge in [0.25, 0.3) is 0 Å². The summed E-state index contributed by atoms with van der Waals surface area (Å²) >= 11 is 0. The first-order chi connectivity index (χ1) is 14.2. The normalized spacial score (nSPS) is 22.1. The fraction of sp³-hybridized carbons (Fsp3) is 0.708. The van der Waals surface area contributed by atoms with Crippen LogP contribution < -0.4 is 5.32 Å². The Labute approximate surface area is 176 Å². The van der Waals surface area contributed by atoms with Crippen LogP contribution in [-0.4, -0.2) is 64.5 Å². The number of hydrogen-bond acceptors (Lipinski definition) is 3. The maximum atomic E-state index is 5.75. The second-order valence-electron chi connectivity index (χ2n) is 8.78. The van der Waals surface area contributed by atoms with Crippen molar-refractivity contribution in [3.8, 4) is 0 Å². The first-order valence-corrected chi connectivity index (χ1v) is 11.3. The Morgan fingerprint density at radius 1 is 1.24 bits per heavy atom. The van der Waals surface area contributed by atoms with Crippen molar-refractivity contribution in [2.75, 3.05) is 53.6 Å². The number of aryl methyl sites for hydroxylation is 1. The Balaban J connectivity index is 1.58. The second-order valence-corrected chi connectivity index (χ2v) is 8.78. The van der Waals surface area contributed by atoms with Crippen LogP contribution >= 0.6 is 0 Å². The highest BCUT2D eigenvalue weighted by Gasteiger charge is 2.35. The zero-order valence-electron chi connectivity index (χ0n) is 18.6. The number of methoxy groups -OCH3 is 1. The molecule has 2 aliphatic rings. The molecular formula is C24H39N3O2. The van der Waals surface area contributed by atoms with E-state index in [1.807, 2.05) is 7.05 Å². The number of likely N-dealkylation sites (tertiary alicyclic amines) is 1. The molecule has 0 bridgehead atoms. The van der Waals surface area contributed by atoms with Gasteiger partial charge >= 0.3 is 0 Å². The number of rotatable bonds is 8. The predicted octanol–water partition coefficient (Wildman–Crippen LogP) is 3.76. The summed E-state index contributed by atoms with van der Waals surface area (Å²) in [6.07, 6.45) is 7.68. The van der Waals surface area contributed by atoms with Gasteiger partial charge in [-0.2, -0.15) is 0 Å². The van der Waals surface area contributed by atoms with Gasteiger partial charge < -0.3 is 19.7 Å². The van der Waals surface area contributed by atoms with Gasteiger partial charge in [0.2, 0.25) is 0 Å². The van der Waals surface area contributed by atoms with Gasteiger partial charge in [-0.15, -0.1) is 0 Å². The summed E-state index contributed by atoms with van der Waals surface area (Å²) in [4.78, 5) is 7.01. The third kappa shape index (κ3) is 5.95. The molecule has 5 nitrogen and oxygen atoms in total. The fourth-order valence-electron chi connectivity index (χ4n) is 4.90. The Bertz CT molecular complexity index is 655. The minimum atomic E-state index is 0.225. The first-order valence-electron chi connectivity index (χ1n) is 11.3. The highest BCUT2D eigenvalue weighted by Crippen LogP contribution is 2.39. The van der Waals surface area contributed by atoms with Crippen LogP contribution in [0.1, 0.15) is 49.7 Å². The van der Waals surface area contributed by atoms with E-state index in [9.17, 15) is 0 Å². The molecule has 1 saturated heterocycles. The van der Waals surface area contributed by atoms with E-state index in [0.29, 0.717) is 19.1 Å². The van der Waals surface area contributed by atoms with E-state index in [0.717, 1.165) is 38.6 Å². The average molecular weight is 402 g/mol. The van der Waals surface area contributed by atoms with Gasteiger partial charge in [0.05, 0.1) is 19.8 Å². The molecule has 1 N–H and O–H groups in total. The van der Waals surface area contributed by atoms with Gasteiger partial charge in [-0.3, -0.25) is 4.99 Å². The van der Waals surface area contributed by atoms with Crippen LogP contribution in [0.4, 0.5) is 0 Å². The molecule has 0 aromatic heterocycles. The van der Waals surface area contributed by atoms with Crippen molar-refractivity contribution in [3.05, 3.63) is 35.4 Å². The number of hydrogen-bond donors (Lipinski definition) is 1. The number of guanidine groups is 1. The highest BCUT2D eigenvalue weighted by atomic mass is 16.5. The molecule has 1 unspecified atom stereocenters. The third-order valence-electron chi connectivity index (χ3n) is 6.61. The number of nitrogens with zero attached hydrogens (tertiary/aromatic N) is 2. The standard InChI is InChI=1S/C24H39N3O2/c1-20-8-7-9-22(16-20)24(11-5-4-6-12-24)19-26-23(25-2)27-13-10-21(17-27)18-29-15-14-28-3/h7-9,16,21H,4-6,10-15,17-19H2,1-3H3,(H,25,26). The lowest BCUT2D eigenvalue weighted by Gasteiger charge is -2.39. The minimum Gasteiger partial charge on any atom is -0.382 e. The zero-order chi connectivity index (χ0) is 20.5. The molecule has 162 valence electrons. The van der Waals surface area contributed by atoms with Crippen molar-refractivity contribution in [2.24, 2.45) is 10.9 Å². The SMILES string of the molecule is CN=C(NCC1(c2cccc(C)c2)CCCCC1)N1CCC(COCCOC)C1. The molecule has 5 heteroatoms. The summed E-state index contributed by atoms with van der Waals surface area (Å²) in [6.45, 7) is 7.39. The maximum absolute atomic E-state index is 5.75. The number of nitrogens with one attached hydrogen (secondary N) is 1. The molecule has 1 aliphatic carbocycles. The smallest absolute Gasteiger partial charge is 0.193 e. The Hall–Kier alpha value is -1.59. The third-order valence-corrected chi connectivity index (χ3v) is 6.61. The van der Waals surface area contributed by atoms with Crippen molar-refractivity contribution >= 4 is 5.96 Å². The summed E-state index contributed by atoms with van der Waals surface area (Å²) in [6, 6.07) is 9.13. The highest BCUT2D eigenvalue weighted by molar-refractivity contribution is 5.80. The number of benzene rings is 1. The van der Waals surface area contributed by atoms with Gasteiger partial charge in [-0.25, -0.2) is 0 Å². The molecule has 2 fully saturated rings. The van der Waals surface area contributed by atoms with Crippen molar-refractivity contribution in [1.29, 1.82) is 0 Å². The average Bonchev–Trinajstić information content (AvgIpc) is 3.21. The lowest BCUT2D eigenvalue weighted by molar-refractivity contribution is 0.0536. The Kier molecular flexibility index (Phi) is 8.37. The largest absolute Gasteiger partial charge is 0.382 e. The van der Waals surface area contributed by atoms with Crippen molar-refractivity contribution in [3.63, 3.8) is 0 Å². The fourth-order valence-corrected chi connectivity index (χ4v) is 4.90. The van der Waals surface area contributed by atoms with Crippen molar-refractivity contribution < 1.29 is 9.47 Å². The molecule has 3 rings (SSSR count). The van der Waals surface area contributed by atoms with E-state index in [4.69, 9.17) is 9.47 Å². The molecule has 1 aliphatic heterocycles. The Morgan fingerprint density at radius 2 is 2.07 bits per heavy atom. The predicted molar refractivity (Wildman–Crippen MR) is 120 cm³/mol. The van der Waals surface area contributed by atoms with Crippen LogP contribution in [0.2, 0.25) is 0 Å². The molecule has 1 heterocycles. The number of ether oxygens (including phenoxy) is 2. The maximum Gasteiger partial charge on any atom is 0.193 e. The van der Waals surface area contributed by atoms with Gasteiger partial charge in [-0.05, 0) is 31.7 Å². The van der Waals surface area contributed by atoms with Crippen LogP contribution in [0.25, 0.3) is 0 Å². The van der Waals surface area contributed by atoms with Crippen LogP contribution in [0.15, 0.2) is 29.3 Å². The van der Waals surface area contributed by atoms with Crippen LogP contribution in [0, 0.1) is 12.8 Å². The molecule has 29 heavy (non-hydrogen) atoms. The van der Waals surface area contributed by atoms with Gasteiger partial charge in [0, 0.05) is 45.1 Å². The van der Waals surface area contributed by atoms with Crippen molar-refractivity contribution in [1.82, 2.24) is 10.2 Å². The van der Waals surface area contributed by atoms with E-state index >= 15 is 0 Å². The second kappa shape index (κ2) is 11.0. The monoisotopic (exact) mass is 401 g/mol. The first kappa shape index (κ1) is 22.1. The zero-order valence-corrected chi connectivity index (χ0v) is 18.6. The van der Waals surface area contributed by atoms with E-state index in [2.05, 4.69) is 46.4 Å². The van der Waals surface area contributed by atoms with Crippen LogP contribution in [0.3, 0.4) is 0 Å². The summed E-state index contributed by atoms with van der Waals surface area (Å²) in [5, 5.41) is 3.75. The summed E-state index contributed by atoms with van der Waals surface area (Å²) in [7, 11) is 3.62. The van der Waals surface area contributed by atoms with Crippen LogP contribution in [0.5, 0.6) is 0 Å². The molecule has 0 spiro atoms. The summed E-state index contributed by atoms with van der Waals surface area (Å²) < 4.78 is 10.8. The van der Waals surface area contributed by atoms with Gasteiger partial charge in [0.15, 0.2) is 5.96 Å². The van der Waals surface area contributed by atoms with E-state index in [-0.39, 0.29) is 5.41 Å². The lowest BCUT2D eigenvalue weighted by Crippen LogP contribution is -2.47. The van der Waals surface area contributed by atoms with E-state index < -0.39 is 0 Å². The molecule has 1 saturated carbocycles. The van der Waals surface area contributed by atoms with Crippen molar-refractivity contribution in [2.45, 2.75) is 50.9 Å². The molecule has 0 radical (unpaired) electrons. The lowest BCUT2D eigenvalue weighted by atomic mass is 9.69. The van der Waals surface area contributed by atoms with Crippen LogP contribution in [-0.2, 0) is 14.9 Å². The summed E-state index contributed by atoms with van der Waals surface area (Å²) in [5.74, 6) is 1.62. The molecule has 1 aromatic rings. The Morgan fingerprint density at radius 3 is 2.79 bits per heavy atom. The molecular weight excluding hydrogens is 362 g/mol. The summed E-state index contributed by atoms with van der Waals surface area (Å²) in [5.41, 5.74) is 3.07.